The highest BCUT2D eigenvalue weighted by Gasteiger charge is 2.00. The highest BCUT2D eigenvalue weighted by molar-refractivity contribution is 5.73. The van der Waals surface area contributed by atoms with E-state index in [1.807, 2.05) is 12.5 Å². The maximum absolute atomic E-state index is 10.5. The third-order valence-corrected chi connectivity index (χ3v) is 2.08. The van der Waals surface area contributed by atoms with Crippen LogP contribution in [-0.4, -0.2) is 15.5 Å². The summed E-state index contributed by atoms with van der Waals surface area (Å²) in [6.07, 6.45) is 7.16. The molecule has 1 heterocycles. The Labute approximate surface area is 84.1 Å². The number of aryl methyl sites for hydroxylation is 2. The van der Waals surface area contributed by atoms with Gasteiger partial charge in [0.05, 0.1) is 12.0 Å². The summed E-state index contributed by atoms with van der Waals surface area (Å²) < 4.78 is 2.06. The first-order valence-electron chi connectivity index (χ1n) is 5.01. The Bertz CT molecular complexity index is 293. The van der Waals surface area contributed by atoms with Gasteiger partial charge in [0.15, 0.2) is 0 Å². The van der Waals surface area contributed by atoms with Gasteiger partial charge in [-0.3, -0.25) is 4.79 Å². The van der Waals surface area contributed by atoms with Crippen LogP contribution in [0.15, 0.2) is 12.5 Å². The molecule has 2 N–H and O–H groups in total. The average molecular weight is 195 g/mol. The van der Waals surface area contributed by atoms with Crippen LogP contribution >= 0.6 is 0 Å². The molecule has 0 radical (unpaired) electrons. The minimum atomic E-state index is -0.270. The van der Waals surface area contributed by atoms with E-state index in [1.165, 1.54) is 6.42 Å². The lowest BCUT2D eigenvalue weighted by Crippen LogP contribution is -2.11. The summed E-state index contributed by atoms with van der Waals surface area (Å²) in [6, 6.07) is 0. The van der Waals surface area contributed by atoms with Gasteiger partial charge in [-0.1, -0.05) is 13.3 Å². The van der Waals surface area contributed by atoms with Gasteiger partial charge in [-0.05, 0) is 12.8 Å². The smallest absolute Gasteiger partial charge is 0.217 e. The third kappa shape index (κ3) is 3.60. The second kappa shape index (κ2) is 5.42. The Hall–Kier alpha value is -1.32. The maximum Gasteiger partial charge on any atom is 0.217 e. The Morgan fingerprint density at radius 3 is 3.07 bits per heavy atom. The number of rotatable bonds is 6. The number of hydrogen-bond donors (Lipinski definition) is 1. The summed E-state index contributed by atoms with van der Waals surface area (Å²) in [5.41, 5.74) is 6.00. The number of amides is 1. The van der Waals surface area contributed by atoms with Gasteiger partial charge in [0.1, 0.15) is 0 Å². The molecule has 0 aliphatic rings. The fraction of sp³-hybridized carbons (Fsp3) is 0.600. The summed E-state index contributed by atoms with van der Waals surface area (Å²) in [5.74, 6) is -0.270. The molecule has 0 saturated heterocycles. The minimum absolute atomic E-state index is 0.270. The van der Waals surface area contributed by atoms with Crippen LogP contribution in [0.2, 0.25) is 0 Å². The average Bonchev–Trinajstić information content (AvgIpc) is 2.59. The zero-order chi connectivity index (χ0) is 10.4. The summed E-state index contributed by atoms with van der Waals surface area (Å²) in [6.45, 7) is 3.16. The number of carbonyl (C=O) groups is 1. The van der Waals surface area contributed by atoms with Crippen molar-refractivity contribution in [3.63, 3.8) is 0 Å². The fourth-order valence-corrected chi connectivity index (χ4v) is 1.25. The largest absolute Gasteiger partial charge is 0.370 e. The summed E-state index contributed by atoms with van der Waals surface area (Å²) in [5, 5.41) is 0. The van der Waals surface area contributed by atoms with Crippen LogP contribution in [0.1, 0.15) is 31.9 Å². The first-order chi connectivity index (χ1) is 6.72. The van der Waals surface area contributed by atoms with E-state index in [0.29, 0.717) is 12.8 Å². The Morgan fingerprint density at radius 2 is 2.43 bits per heavy atom. The number of nitrogens with two attached hydrogens (primary N) is 1. The minimum Gasteiger partial charge on any atom is -0.370 e. The fourth-order valence-electron chi connectivity index (χ4n) is 1.25. The number of unbranched alkanes of at least 4 members (excludes halogenated alkanes) is 1. The van der Waals surface area contributed by atoms with E-state index >= 15 is 0 Å². The highest BCUT2D eigenvalue weighted by atomic mass is 16.1. The second-order valence-electron chi connectivity index (χ2n) is 3.42. The molecule has 14 heavy (non-hydrogen) atoms. The van der Waals surface area contributed by atoms with Crippen molar-refractivity contribution in [2.24, 2.45) is 5.73 Å². The van der Waals surface area contributed by atoms with Crippen molar-refractivity contribution in [2.75, 3.05) is 0 Å². The lowest BCUT2D eigenvalue weighted by molar-refractivity contribution is -0.118. The van der Waals surface area contributed by atoms with E-state index in [1.54, 1.807) is 0 Å². The second-order valence-corrected chi connectivity index (χ2v) is 3.42. The predicted molar refractivity (Wildman–Crippen MR) is 54.7 cm³/mol. The van der Waals surface area contributed by atoms with Crippen molar-refractivity contribution in [1.29, 1.82) is 0 Å². The van der Waals surface area contributed by atoms with Crippen LogP contribution in [-0.2, 0) is 17.8 Å². The first kappa shape index (κ1) is 10.8. The Balaban J connectivity index is 2.38. The number of primary amides is 1. The molecule has 0 aromatic carbocycles. The lowest BCUT2D eigenvalue weighted by atomic mass is 10.2. The number of aromatic nitrogens is 2. The molecule has 1 aromatic rings. The van der Waals surface area contributed by atoms with Gasteiger partial charge in [-0.25, -0.2) is 4.98 Å². The zero-order valence-corrected chi connectivity index (χ0v) is 8.57. The van der Waals surface area contributed by atoms with Gasteiger partial charge < -0.3 is 10.3 Å². The third-order valence-electron chi connectivity index (χ3n) is 2.08. The number of hydrogen-bond acceptors (Lipinski definition) is 2. The molecule has 0 unspecified atom stereocenters. The van der Waals surface area contributed by atoms with Crippen LogP contribution in [0.3, 0.4) is 0 Å². The topological polar surface area (TPSA) is 60.9 Å². The molecule has 0 fully saturated rings. The molecule has 0 bridgehead atoms. The number of nitrogens with zero attached hydrogens (tertiary/aromatic N) is 2. The van der Waals surface area contributed by atoms with Crippen LogP contribution in [0.25, 0.3) is 0 Å². The number of imidazole rings is 1. The Morgan fingerprint density at radius 1 is 1.64 bits per heavy atom. The predicted octanol–water partition coefficient (Wildman–Crippen LogP) is 1.10. The van der Waals surface area contributed by atoms with Crippen molar-refractivity contribution >= 4 is 5.91 Å². The van der Waals surface area contributed by atoms with E-state index in [0.717, 1.165) is 18.7 Å². The zero-order valence-electron chi connectivity index (χ0n) is 8.57. The van der Waals surface area contributed by atoms with E-state index in [2.05, 4.69) is 16.5 Å². The van der Waals surface area contributed by atoms with Crippen molar-refractivity contribution < 1.29 is 4.79 Å². The van der Waals surface area contributed by atoms with Crippen molar-refractivity contribution in [2.45, 2.75) is 39.2 Å². The summed E-state index contributed by atoms with van der Waals surface area (Å²) in [4.78, 5) is 14.7. The maximum atomic E-state index is 10.5. The van der Waals surface area contributed by atoms with Gasteiger partial charge in [-0.15, -0.1) is 0 Å². The number of carbonyl (C=O) groups excluding carboxylic acids is 1. The molecule has 1 rings (SSSR count). The normalized spacial score (nSPS) is 10.4. The van der Waals surface area contributed by atoms with Gasteiger partial charge in [0, 0.05) is 19.2 Å². The molecule has 78 valence electrons. The van der Waals surface area contributed by atoms with E-state index in [-0.39, 0.29) is 5.91 Å². The van der Waals surface area contributed by atoms with Gasteiger partial charge >= 0.3 is 0 Å². The molecular weight excluding hydrogens is 178 g/mol. The molecule has 1 amide bonds. The van der Waals surface area contributed by atoms with Crippen LogP contribution in [0.4, 0.5) is 0 Å². The van der Waals surface area contributed by atoms with Crippen molar-refractivity contribution in [3.05, 3.63) is 18.2 Å². The highest BCUT2D eigenvalue weighted by Crippen LogP contribution is 2.01. The monoisotopic (exact) mass is 195 g/mol. The van der Waals surface area contributed by atoms with Gasteiger partial charge in [-0.2, -0.15) is 0 Å². The van der Waals surface area contributed by atoms with Gasteiger partial charge in [0.25, 0.3) is 0 Å². The van der Waals surface area contributed by atoms with E-state index in [9.17, 15) is 4.79 Å². The van der Waals surface area contributed by atoms with Gasteiger partial charge in [0.2, 0.25) is 5.91 Å². The molecule has 4 nitrogen and oxygen atoms in total. The molecule has 0 saturated carbocycles. The van der Waals surface area contributed by atoms with Crippen molar-refractivity contribution in [1.82, 2.24) is 9.55 Å². The van der Waals surface area contributed by atoms with E-state index < -0.39 is 0 Å². The quantitative estimate of drug-likeness (QED) is 0.739. The molecule has 0 aliphatic heterocycles. The van der Waals surface area contributed by atoms with E-state index in [4.69, 9.17) is 5.73 Å². The van der Waals surface area contributed by atoms with Crippen molar-refractivity contribution in [3.8, 4) is 0 Å². The Kier molecular flexibility index (Phi) is 4.16. The molecule has 4 heteroatoms. The van der Waals surface area contributed by atoms with Crippen LogP contribution < -0.4 is 5.73 Å². The molecular formula is C10H17N3O. The summed E-state index contributed by atoms with van der Waals surface area (Å²) >= 11 is 0. The van der Waals surface area contributed by atoms with Crippen LogP contribution in [0.5, 0.6) is 0 Å². The first-order valence-corrected chi connectivity index (χ1v) is 5.01. The lowest BCUT2D eigenvalue weighted by Gasteiger charge is -1.97. The molecule has 0 spiro atoms. The summed E-state index contributed by atoms with van der Waals surface area (Å²) in [7, 11) is 0. The van der Waals surface area contributed by atoms with Crippen LogP contribution in [0, 0.1) is 0 Å². The SMILES string of the molecule is CCCCn1cnc(CCC(N)=O)c1. The molecule has 0 atom stereocenters. The molecule has 0 aliphatic carbocycles. The standard InChI is InChI=1S/C10H17N3O/c1-2-3-6-13-7-9(12-8-13)4-5-10(11)14/h7-8H,2-6H2,1H3,(H2,11,14). The molecule has 1 aromatic heterocycles.